The van der Waals surface area contributed by atoms with E-state index in [9.17, 15) is 0 Å². The van der Waals surface area contributed by atoms with Crippen molar-refractivity contribution in [3.05, 3.63) is 46.4 Å². The van der Waals surface area contributed by atoms with E-state index in [0.717, 1.165) is 21.6 Å². The Morgan fingerprint density at radius 2 is 1.78 bits per heavy atom. The topological polar surface area (TPSA) is 47.3 Å². The molecule has 2 aromatic rings. The average molecular weight is 307 g/mol. The molecule has 0 heterocycles. The molecule has 0 aliphatic heterocycles. The summed E-state index contributed by atoms with van der Waals surface area (Å²) in [5, 5.41) is 3.31. The Kier molecular flexibility index (Phi) is 3.77. The molecule has 0 atom stereocenters. The van der Waals surface area contributed by atoms with Gasteiger partial charge in [-0.25, -0.2) is 0 Å². The molecule has 3 N–H and O–H groups in total. The largest absolute Gasteiger partial charge is 0.497 e. The van der Waals surface area contributed by atoms with Crippen LogP contribution in [0, 0.1) is 6.92 Å². The third-order valence-corrected chi connectivity index (χ3v) is 2.95. The summed E-state index contributed by atoms with van der Waals surface area (Å²) >= 11 is 3.48. The van der Waals surface area contributed by atoms with Gasteiger partial charge in [-0.05, 0) is 36.8 Å². The van der Waals surface area contributed by atoms with Crippen LogP contribution >= 0.6 is 15.9 Å². The molecule has 4 heteroatoms. The van der Waals surface area contributed by atoms with Crippen LogP contribution in [0.2, 0.25) is 0 Å². The van der Waals surface area contributed by atoms with E-state index < -0.39 is 0 Å². The SMILES string of the molecule is COc1cc(N)cc(Nc2cc(C)cc(Br)c2)c1. The summed E-state index contributed by atoms with van der Waals surface area (Å²) in [7, 11) is 1.63. The third kappa shape index (κ3) is 3.17. The highest BCUT2D eigenvalue weighted by Gasteiger charge is 2.01. The lowest BCUT2D eigenvalue weighted by Gasteiger charge is -2.10. The van der Waals surface area contributed by atoms with E-state index in [1.807, 2.05) is 18.2 Å². The molecule has 3 nitrogen and oxygen atoms in total. The first-order valence-electron chi connectivity index (χ1n) is 5.55. The summed E-state index contributed by atoms with van der Waals surface area (Å²) in [5.74, 6) is 0.740. The van der Waals surface area contributed by atoms with Gasteiger partial charge in [0.2, 0.25) is 0 Å². The van der Waals surface area contributed by atoms with Crippen LogP contribution in [0.3, 0.4) is 0 Å². The molecule has 0 spiro atoms. The minimum atomic E-state index is 0.670. The number of hydrogen-bond donors (Lipinski definition) is 2. The van der Waals surface area contributed by atoms with Crippen LogP contribution in [0.5, 0.6) is 5.75 Å². The van der Waals surface area contributed by atoms with Crippen molar-refractivity contribution < 1.29 is 4.74 Å². The number of methoxy groups -OCH3 is 1. The van der Waals surface area contributed by atoms with E-state index in [-0.39, 0.29) is 0 Å². The maximum absolute atomic E-state index is 5.82. The smallest absolute Gasteiger partial charge is 0.122 e. The fraction of sp³-hybridized carbons (Fsp3) is 0.143. The first-order valence-corrected chi connectivity index (χ1v) is 6.35. The normalized spacial score (nSPS) is 10.2. The van der Waals surface area contributed by atoms with Gasteiger partial charge in [0.15, 0.2) is 0 Å². The molecule has 0 bridgehead atoms. The van der Waals surface area contributed by atoms with E-state index >= 15 is 0 Å². The number of anilines is 3. The fourth-order valence-corrected chi connectivity index (χ4v) is 2.39. The maximum atomic E-state index is 5.82. The molecule has 2 rings (SSSR count). The molecular weight excluding hydrogens is 292 g/mol. The number of ether oxygens (including phenoxy) is 1. The summed E-state index contributed by atoms with van der Waals surface area (Å²) in [6.45, 7) is 2.05. The van der Waals surface area contributed by atoms with Gasteiger partial charge in [0.1, 0.15) is 5.75 Å². The lowest BCUT2D eigenvalue weighted by molar-refractivity contribution is 0.415. The molecule has 0 radical (unpaired) electrons. The van der Waals surface area contributed by atoms with E-state index in [4.69, 9.17) is 10.5 Å². The van der Waals surface area contributed by atoms with Gasteiger partial charge in [-0.3, -0.25) is 0 Å². The van der Waals surface area contributed by atoms with Crippen molar-refractivity contribution in [2.45, 2.75) is 6.92 Å². The maximum Gasteiger partial charge on any atom is 0.122 e. The summed E-state index contributed by atoms with van der Waals surface area (Å²) < 4.78 is 6.23. The highest BCUT2D eigenvalue weighted by atomic mass is 79.9. The minimum absolute atomic E-state index is 0.670. The number of nitrogen functional groups attached to an aromatic ring is 1. The molecule has 0 aliphatic carbocycles. The fourth-order valence-electron chi connectivity index (χ4n) is 1.79. The monoisotopic (exact) mass is 306 g/mol. The Balaban J connectivity index is 2.30. The lowest BCUT2D eigenvalue weighted by Crippen LogP contribution is -1.95. The first-order chi connectivity index (χ1) is 8.56. The molecule has 0 fully saturated rings. The predicted octanol–water partition coefficient (Wildman–Crippen LogP) is 4.09. The number of nitrogens with one attached hydrogen (secondary N) is 1. The Hall–Kier alpha value is -1.68. The number of rotatable bonds is 3. The number of halogens is 1. The van der Waals surface area contributed by atoms with Gasteiger partial charge in [0, 0.05) is 33.7 Å². The second-order valence-corrected chi connectivity index (χ2v) is 5.05. The number of benzene rings is 2. The zero-order chi connectivity index (χ0) is 13.1. The van der Waals surface area contributed by atoms with E-state index in [2.05, 4.69) is 40.3 Å². The standard InChI is InChI=1S/C14H15BrN2O/c1-9-3-10(15)5-12(4-9)17-13-6-11(16)7-14(8-13)18-2/h3-8,17H,16H2,1-2H3. The molecule has 0 amide bonds. The van der Waals surface area contributed by atoms with Gasteiger partial charge in [-0.15, -0.1) is 0 Å². The summed E-state index contributed by atoms with van der Waals surface area (Å²) in [5.41, 5.74) is 9.59. The molecule has 0 saturated heterocycles. The quantitative estimate of drug-likeness (QED) is 0.840. The predicted molar refractivity (Wildman–Crippen MR) is 79.6 cm³/mol. The van der Waals surface area contributed by atoms with Crippen LogP contribution < -0.4 is 15.8 Å². The first kappa shape index (κ1) is 12.8. The molecule has 0 saturated carbocycles. The lowest BCUT2D eigenvalue weighted by atomic mass is 10.2. The van der Waals surface area contributed by atoms with Crippen LogP contribution in [0.1, 0.15) is 5.56 Å². The van der Waals surface area contributed by atoms with Gasteiger partial charge in [0.05, 0.1) is 7.11 Å². The highest BCUT2D eigenvalue weighted by Crippen LogP contribution is 2.27. The molecule has 0 aliphatic rings. The second-order valence-electron chi connectivity index (χ2n) is 4.14. The second kappa shape index (κ2) is 5.31. The van der Waals surface area contributed by atoms with Crippen molar-refractivity contribution in [2.75, 3.05) is 18.2 Å². The number of nitrogens with two attached hydrogens (primary N) is 1. The number of hydrogen-bond acceptors (Lipinski definition) is 3. The summed E-state index contributed by atoms with van der Waals surface area (Å²) in [6, 6.07) is 11.7. The third-order valence-electron chi connectivity index (χ3n) is 2.50. The number of aryl methyl sites for hydroxylation is 1. The molecule has 0 aromatic heterocycles. The van der Waals surface area contributed by atoms with Gasteiger partial charge < -0.3 is 15.8 Å². The minimum Gasteiger partial charge on any atom is -0.497 e. The Bertz CT molecular complexity index is 549. The summed E-state index contributed by atoms with van der Waals surface area (Å²) in [4.78, 5) is 0. The van der Waals surface area contributed by atoms with Crippen molar-refractivity contribution in [3.63, 3.8) is 0 Å². The highest BCUT2D eigenvalue weighted by molar-refractivity contribution is 9.10. The van der Waals surface area contributed by atoms with Gasteiger partial charge >= 0.3 is 0 Å². The van der Waals surface area contributed by atoms with Crippen molar-refractivity contribution in [1.29, 1.82) is 0 Å². The van der Waals surface area contributed by atoms with Gasteiger partial charge in [0.25, 0.3) is 0 Å². The van der Waals surface area contributed by atoms with Gasteiger partial charge in [-0.2, -0.15) is 0 Å². The molecular formula is C14H15BrN2O. The molecule has 0 unspecified atom stereocenters. The van der Waals surface area contributed by atoms with Crippen LogP contribution in [0.25, 0.3) is 0 Å². The van der Waals surface area contributed by atoms with Crippen LogP contribution in [-0.2, 0) is 0 Å². The Labute approximate surface area is 115 Å². The average Bonchev–Trinajstić information content (AvgIpc) is 2.26. The molecule has 18 heavy (non-hydrogen) atoms. The Morgan fingerprint density at radius 3 is 2.44 bits per heavy atom. The van der Waals surface area contributed by atoms with Crippen molar-refractivity contribution in [1.82, 2.24) is 0 Å². The van der Waals surface area contributed by atoms with E-state index in [0.29, 0.717) is 5.69 Å². The summed E-state index contributed by atoms with van der Waals surface area (Å²) in [6.07, 6.45) is 0. The van der Waals surface area contributed by atoms with Crippen LogP contribution in [0.15, 0.2) is 40.9 Å². The Morgan fingerprint density at radius 1 is 1.06 bits per heavy atom. The zero-order valence-corrected chi connectivity index (χ0v) is 11.9. The van der Waals surface area contributed by atoms with Crippen LogP contribution in [-0.4, -0.2) is 7.11 Å². The van der Waals surface area contributed by atoms with E-state index in [1.54, 1.807) is 13.2 Å². The van der Waals surface area contributed by atoms with Gasteiger partial charge in [-0.1, -0.05) is 15.9 Å². The van der Waals surface area contributed by atoms with Crippen LogP contribution in [0.4, 0.5) is 17.1 Å². The zero-order valence-electron chi connectivity index (χ0n) is 10.3. The van der Waals surface area contributed by atoms with Crippen molar-refractivity contribution in [2.24, 2.45) is 0 Å². The molecule has 94 valence electrons. The van der Waals surface area contributed by atoms with Crippen molar-refractivity contribution in [3.8, 4) is 5.75 Å². The molecule has 2 aromatic carbocycles. The van der Waals surface area contributed by atoms with E-state index in [1.165, 1.54) is 5.56 Å². The van der Waals surface area contributed by atoms with Crippen molar-refractivity contribution >= 4 is 33.0 Å².